The van der Waals surface area contributed by atoms with Crippen molar-refractivity contribution < 1.29 is 9.52 Å². The van der Waals surface area contributed by atoms with Gasteiger partial charge < -0.3 is 14.4 Å². The van der Waals surface area contributed by atoms with E-state index in [1.807, 2.05) is 18.2 Å². The van der Waals surface area contributed by atoms with E-state index in [1.54, 1.807) is 0 Å². The number of aliphatic hydroxyl groups is 1. The molecule has 18 heavy (non-hydrogen) atoms. The molecular formula is C15H19NO2. The van der Waals surface area contributed by atoms with Crippen LogP contribution in [0.3, 0.4) is 0 Å². The fourth-order valence-electron chi connectivity index (χ4n) is 2.63. The third-order valence-electron chi connectivity index (χ3n) is 3.94. The third kappa shape index (κ3) is 1.93. The van der Waals surface area contributed by atoms with Crippen LogP contribution in [0.1, 0.15) is 24.2 Å². The molecule has 2 aromatic rings. The van der Waals surface area contributed by atoms with Crippen molar-refractivity contribution in [2.24, 2.45) is 0 Å². The van der Waals surface area contributed by atoms with Crippen LogP contribution in [0.5, 0.6) is 0 Å². The molecule has 0 atom stereocenters. The van der Waals surface area contributed by atoms with Gasteiger partial charge in [-0.1, -0.05) is 11.6 Å². The van der Waals surface area contributed by atoms with Crippen molar-refractivity contribution in [3.63, 3.8) is 0 Å². The number of piperidine rings is 1. The van der Waals surface area contributed by atoms with Crippen molar-refractivity contribution in [2.75, 3.05) is 20.1 Å². The first kappa shape index (κ1) is 11.8. The Labute approximate surface area is 107 Å². The maximum atomic E-state index is 10.7. The zero-order chi connectivity index (χ0) is 12.8. The van der Waals surface area contributed by atoms with Gasteiger partial charge in [-0.2, -0.15) is 0 Å². The van der Waals surface area contributed by atoms with Crippen LogP contribution in [0.4, 0.5) is 0 Å². The second kappa shape index (κ2) is 4.11. The van der Waals surface area contributed by atoms with Gasteiger partial charge in [-0.15, -0.1) is 0 Å². The van der Waals surface area contributed by atoms with E-state index in [0.29, 0.717) is 0 Å². The molecule has 0 unspecified atom stereocenters. The van der Waals surface area contributed by atoms with Gasteiger partial charge in [0.05, 0.1) is 0 Å². The van der Waals surface area contributed by atoms with Crippen LogP contribution in [-0.4, -0.2) is 30.1 Å². The van der Waals surface area contributed by atoms with E-state index in [2.05, 4.69) is 24.9 Å². The molecule has 0 aliphatic carbocycles. The van der Waals surface area contributed by atoms with Gasteiger partial charge in [0.25, 0.3) is 0 Å². The van der Waals surface area contributed by atoms with Crippen molar-refractivity contribution in [1.29, 1.82) is 0 Å². The standard InChI is InChI=1S/C15H19NO2/c1-11-3-4-13-12(9-11)10-14(18-13)15(17)5-7-16(2)8-6-15/h3-4,9-10,17H,5-8H2,1-2H3. The predicted octanol–water partition coefficient (Wildman–Crippen LogP) is 2.65. The Balaban J connectivity index is 1.98. The molecule has 3 rings (SSSR count). The smallest absolute Gasteiger partial charge is 0.136 e. The summed E-state index contributed by atoms with van der Waals surface area (Å²) in [4.78, 5) is 2.24. The van der Waals surface area contributed by atoms with E-state index in [-0.39, 0.29) is 0 Å². The minimum atomic E-state index is -0.792. The van der Waals surface area contributed by atoms with Gasteiger partial charge in [0.15, 0.2) is 0 Å². The van der Waals surface area contributed by atoms with Crippen LogP contribution in [-0.2, 0) is 5.60 Å². The average Bonchev–Trinajstić information content (AvgIpc) is 2.77. The van der Waals surface area contributed by atoms with Gasteiger partial charge in [0, 0.05) is 18.5 Å². The highest BCUT2D eigenvalue weighted by atomic mass is 16.4. The lowest BCUT2D eigenvalue weighted by Gasteiger charge is -2.34. The zero-order valence-electron chi connectivity index (χ0n) is 10.9. The molecule has 1 aromatic heterocycles. The van der Waals surface area contributed by atoms with Crippen LogP contribution < -0.4 is 0 Å². The fourth-order valence-corrected chi connectivity index (χ4v) is 2.63. The Morgan fingerprint density at radius 3 is 2.67 bits per heavy atom. The van der Waals surface area contributed by atoms with E-state index in [1.165, 1.54) is 5.56 Å². The van der Waals surface area contributed by atoms with E-state index in [9.17, 15) is 5.11 Å². The molecule has 2 heterocycles. The quantitative estimate of drug-likeness (QED) is 0.839. The number of hydrogen-bond acceptors (Lipinski definition) is 3. The molecule has 1 aliphatic rings. The van der Waals surface area contributed by atoms with Gasteiger partial charge in [0.1, 0.15) is 16.9 Å². The van der Waals surface area contributed by atoms with Gasteiger partial charge in [0.2, 0.25) is 0 Å². The molecule has 3 nitrogen and oxygen atoms in total. The van der Waals surface area contributed by atoms with Gasteiger partial charge in [-0.05, 0) is 45.0 Å². The Hall–Kier alpha value is -1.32. The molecule has 96 valence electrons. The summed E-state index contributed by atoms with van der Waals surface area (Å²) in [5, 5.41) is 11.8. The molecule has 0 radical (unpaired) electrons. The lowest BCUT2D eigenvalue weighted by atomic mass is 9.89. The molecule has 0 spiro atoms. The lowest BCUT2D eigenvalue weighted by Crippen LogP contribution is -2.40. The number of likely N-dealkylation sites (tertiary alicyclic amines) is 1. The number of hydrogen-bond donors (Lipinski definition) is 1. The van der Waals surface area contributed by atoms with E-state index in [4.69, 9.17) is 4.42 Å². The summed E-state index contributed by atoms with van der Waals surface area (Å²) in [6, 6.07) is 8.11. The minimum Gasteiger partial charge on any atom is -0.458 e. The number of rotatable bonds is 1. The minimum absolute atomic E-state index is 0.719. The van der Waals surface area contributed by atoms with Crippen LogP contribution in [0, 0.1) is 6.92 Å². The first-order valence-corrected chi connectivity index (χ1v) is 6.48. The molecule has 1 N–H and O–H groups in total. The van der Waals surface area contributed by atoms with E-state index >= 15 is 0 Å². The average molecular weight is 245 g/mol. The summed E-state index contributed by atoms with van der Waals surface area (Å²) in [6.07, 6.45) is 1.48. The van der Waals surface area contributed by atoms with Crippen molar-refractivity contribution in [3.8, 4) is 0 Å². The van der Waals surface area contributed by atoms with Crippen LogP contribution in [0.25, 0.3) is 11.0 Å². The van der Waals surface area contributed by atoms with Crippen LogP contribution >= 0.6 is 0 Å². The largest absolute Gasteiger partial charge is 0.458 e. The molecule has 1 fully saturated rings. The molecule has 1 saturated heterocycles. The number of benzene rings is 1. The van der Waals surface area contributed by atoms with Gasteiger partial charge in [-0.3, -0.25) is 0 Å². The zero-order valence-corrected chi connectivity index (χ0v) is 10.9. The maximum absolute atomic E-state index is 10.7. The summed E-state index contributed by atoms with van der Waals surface area (Å²) < 4.78 is 5.83. The van der Waals surface area contributed by atoms with E-state index < -0.39 is 5.60 Å². The number of fused-ring (bicyclic) bond motifs is 1. The number of furan rings is 1. The highest BCUT2D eigenvalue weighted by Crippen LogP contribution is 2.35. The Bertz CT molecular complexity index is 565. The first-order chi connectivity index (χ1) is 8.57. The fraction of sp³-hybridized carbons (Fsp3) is 0.467. The Morgan fingerprint density at radius 1 is 1.22 bits per heavy atom. The summed E-state index contributed by atoms with van der Waals surface area (Å²) in [6.45, 7) is 3.88. The Morgan fingerprint density at radius 2 is 1.94 bits per heavy atom. The lowest BCUT2D eigenvalue weighted by molar-refractivity contribution is -0.0360. The summed E-state index contributed by atoms with van der Waals surface area (Å²) >= 11 is 0. The van der Waals surface area contributed by atoms with Crippen molar-refractivity contribution in [3.05, 3.63) is 35.6 Å². The molecule has 0 saturated carbocycles. The first-order valence-electron chi connectivity index (χ1n) is 6.48. The second-order valence-electron chi connectivity index (χ2n) is 5.49. The summed E-state index contributed by atoms with van der Waals surface area (Å²) in [5.41, 5.74) is 1.28. The molecular weight excluding hydrogens is 226 g/mol. The SMILES string of the molecule is Cc1ccc2oc(C3(O)CCN(C)CC3)cc2c1. The normalized spacial score (nSPS) is 20.4. The molecule has 3 heteroatoms. The molecule has 0 bridgehead atoms. The molecule has 1 aliphatic heterocycles. The summed E-state index contributed by atoms with van der Waals surface area (Å²) in [7, 11) is 2.08. The van der Waals surface area contributed by atoms with Crippen LogP contribution in [0.2, 0.25) is 0 Å². The predicted molar refractivity (Wildman–Crippen MR) is 71.6 cm³/mol. The third-order valence-corrected chi connectivity index (χ3v) is 3.94. The van der Waals surface area contributed by atoms with Crippen molar-refractivity contribution in [2.45, 2.75) is 25.4 Å². The topological polar surface area (TPSA) is 36.6 Å². The molecule has 1 aromatic carbocycles. The number of aryl methyl sites for hydroxylation is 1. The van der Waals surface area contributed by atoms with Gasteiger partial charge >= 0.3 is 0 Å². The summed E-state index contributed by atoms with van der Waals surface area (Å²) in [5.74, 6) is 0.719. The monoisotopic (exact) mass is 245 g/mol. The second-order valence-corrected chi connectivity index (χ2v) is 5.49. The van der Waals surface area contributed by atoms with Crippen molar-refractivity contribution in [1.82, 2.24) is 4.90 Å². The molecule has 0 amide bonds. The van der Waals surface area contributed by atoms with Crippen LogP contribution in [0.15, 0.2) is 28.7 Å². The highest BCUT2D eigenvalue weighted by Gasteiger charge is 2.36. The highest BCUT2D eigenvalue weighted by molar-refractivity contribution is 5.78. The van der Waals surface area contributed by atoms with Gasteiger partial charge in [-0.25, -0.2) is 0 Å². The van der Waals surface area contributed by atoms with Crippen molar-refractivity contribution >= 4 is 11.0 Å². The number of nitrogens with zero attached hydrogens (tertiary/aromatic N) is 1. The maximum Gasteiger partial charge on any atom is 0.136 e. The van der Waals surface area contributed by atoms with E-state index in [0.717, 1.165) is 42.7 Å². The Kier molecular flexibility index (Phi) is 2.68.